The van der Waals surface area contributed by atoms with E-state index in [0.717, 1.165) is 0 Å². The first-order chi connectivity index (χ1) is 9.09. The second-order valence-corrected chi connectivity index (χ2v) is 4.62. The SMILES string of the molecule is CCC(CC(=O)O)(C(=O)O)C(CC)(CC(=O)O)C(=O)O. The van der Waals surface area contributed by atoms with E-state index >= 15 is 0 Å². The maximum absolute atomic E-state index is 11.6. The third-order valence-electron chi connectivity index (χ3n) is 3.85. The number of carboxylic acids is 4. The van der Waals surface area contributed by atoms with E-state index in [0.29, 0.717) is 0 Å². The van der Waals surface area contributed by atoms with Gasteiger partial charge in [-0.2, -0.15) is 0 Å². The normalized spacial score (nSPS) is 16.7. The molecule has 0 bridgehead atoms. The Balaban J connectivity index is 6.25. The fourth-order valence-electron chi connectivity index (χ4n) is 2.64. The molecule has 0 aromatic rings. The Morgan fingerprint density at radius 1 is 0.700 bits per heavy atom. The second-order valence-electron chi connectivity index (χ2n) is 4.62. The lowest BCUT2D eigenvalue weighted by atomic mass is 9.57. The van der Waals surface area contributed by atoms with Crippen LogP contribution in [0.25, 0.3) is 0 Å². The number of aliphatic carboxylic acids is 4. The van der Waals surface area contributed by atoms with Crippen molar-refractivity contribution in [2.75, 3.05) is 0 Å². The van der Waals surface area contributed by atoms with E-state index < -0.39 is 47.5 Å². The maximum atomic E-state index is 11.6. The average molecular weight is 290 g/mol. The standard InChI is InChI=1S/C12H18O8/c1-3-11(9(17)18,5-7(13)14)12(4-2,10(19)20)6-8(15)16/h3-6H2,1-2H3,(H,13,14)(H,15,16)(H,17,18)(H,19,20). The van der Waals surface area contributed by atoms with Crippen LogP contribution in [0.2, 0.25) is 0 Å². The molecule has 0 aliphatic heterocycles. The van der Waals surface area contributed by atoms with Gasteiger partial charge in [-0.3, -0.25) is 19.2 Å². The highest BCUT2D eigenvalue weighted by molar-refractivity contribution is 5.92. The summed E-state index contributed by atoms with van der Waals surface area (Å²) in [5.74, 6) is -6.21. The van der Waals surface area contributed by atoms with E-state index in [-0.39, 0.29) is 12.8 Å². The van der Waals surface area contributed by atoms with Gasteiger partial charge in [-0.25, -0.2) is 0 Å². The third kappa shape index (κ3) is 2.89. The summed E-state index contributed by atoms with van der Waals surface area (Å²) in [6, 6.07) is 0. The van der Waals surface area contributed by atoms with Crippen molar-refractivity contribution in [3.8, 4) is 0 Å². The van der Waals surface area contributed by atoms with E-state index in [2.05, 4.69) is 0 Å². The summed E-state index contributed by atoms with van der Waals surface area (Å²) in [5.41, 5.74) is -4.37. The first-order valence-corrected chi connectivity index (χ1v) is 6.00. The molecular weight excluding hydrogens is 272 g/mol. The monoisotopic (exact) mass is 290 g/mol. The Bertz CT molecular complexity index is 389. The lowest BCUT2D eigenvalue weighted by Gasteiger charge is -2.42. The van der Waals surface area contributed by atoms with Crippen LogP contribution in [0, 0.1) is 10.8 Å². The molecule has 0 heterocycles. The zero-order valence-electron chi connectivity index (χ0n) is 11.3. The van der Waals surface area contributed by atoms with Crippen molar-refractivity contribution in [3.05, 3.63) is 0 Å². The van der Waals surface area contributed by atoms with Gasteiger partial charge in [0.1, 0.15) is 0 Å². The summed E-state index contributed by atoms with van der Waals surface area (Å²) in [6.07, 6.45) is -2.51. The highest BCUT2D eigenvalue weighted by atomic mass is 16.4. The molecule has 0 aromatic heterocycles. The first kappa shape index (κ1) is 17.9. The predicted octanol–water partition coefficient (Wildman–Crippen LogP) is 0.898. The average Bonchev–Trinajstić information content (AvgIpc) is 2.31. The van der Waals surface area contributed by atoms with Gasteiger partial charge >= 0.3 is 23.9 Å². The number of hydrogen-bond donors (Lipinski definition) is 4. The number of carbonyl (C=O) groups is 4. The van der Waals surface area contributed by atoms with Crippen LogP contribution >= 0.6 is 0 Å². The molecule has 0 rings (SSSR count). The molecule has 0 spiro atoms. The molecule has 0 aliphatic rings. The van der Waals surface area contributed by atoms with Crippen molar-refractivity contribution in [1.29, 1.82) is 0 Å². The van der Waals surface area contributed by atoms with Crippen molar-refractivity contribution in [2.24, 2.45) is 10.8 Å². The Hall–Kier alpha value is -2.12. The quantitative estimate of drug-likeness (QED) is 0.489. The molecule has 0 amide bonds. The van der Waals surface area contributed by atoms with Crippen LogP contribution in [0.5, 0.6) is 0 Å². The number of rotatable bonds is 9. The summed E-state index contributed by atoms with van der Waals surface area (Å²) in [4.78, 5) is 45.0. The number of hydrogen-bond acceptors (Lipinski definition) is 4. The Morgan fingerprint density at radius 2 is 0.950 bits per heavy atom. The summed E-state index contributed by atoms with van der Waals surface area (Å²) in [6.45, 7) is 2.68. The van der Waals surface area contributed by atoms with Crippen LogP contribution in [0.4, 0.5) is 0 Å². The van der Waals surface area contributed by atoms with Crippen molar-refractivity contribution < 1.29 is 39.6 Å². The molecular formula is C12H18O8. The van der Waals surface area contributed by atoms with Gasteiger partial charge in [0.2, 0.25) is 0 Å². The lowest BCUT2D eigenvalue weighted by Crippen LogP contribution is -2.54. The minimum Gasteiger partial charge on any atom is -0.481 e. The molecule has 8 heteroatoms. The zero-order valence-corrected chi connectivity index (χ0v) is 11.3. The Labute approximate surface area is 115 Å². The maximum Gasteiger partial charge on any atom is 0.311 e. The molecule has 0 aliphatic carbocycles. The van der Waals surface area contributed by atoms with Gasteiger partial charge in [0.05, 0.1) is 23.7 Å². The minimum absolute atomic E-state index is 0.304. The van der Waals surface area contributed by atoms with Crippen LogP contribution in [-0.4, -0.2) is 44.3 Å². The van der Waals surface area contributed by atoms with E-state index in [9.17, 15) is 29.4 Å². The summed E-state index contributed by atoms with van der Waals surface area (Å²) < 4.78 is 0. The molecule has 114 valence electrons. The fraction of sp³-hybridized carbons (Fsp3) is 0.667. The molecule has 0 saturated carbocycles. The largest absolute Gasteiger partial charge is 0.481 e. The van der Waals surface area contributed by atoms with Gasteiger partial charge in [-0.05, 0) is 12.8 Å². The van der Waals surface area contributed by atoms with Crippen molar-refractivity contribution in [1.82, 2.24) is 0 Å². The summed E-state index contributed by atoms with van der Waals surface area (Å²) >= 11 is 0. The summed E-state index contributed by atoms with van der Waals surface area (Å²) in [7, 11) is 0. The van der Waals surface area contributed by atoms with E-state index in [4.69, 9.17) is 10.2 Å². The Morgan fingerprint density at radius 3 is 1.05 bits per heavy atom. The first-order valence-electron chi connectivity index (χ1n) is 6.00. The van der Waals surface area contributed by atoms with Crippen LogP contribution < -0.4 is 0 Å². The van der Waals surface area contributed by atoms with Crippen molar-refractivity contribution >= 4 is 23.9 Å². The molecule has 20 heavy (non-hydrogen) atoms. The van der Waals surface area contributed by atoms with Crippen LogP contribution in [0.3, 0.4) is 0 Å². The lowest BCUT2D eigenvalue weighted by molar-refractivity contribution is -0.183. The molecule has 2 atom stereocenters. The highest BCUT2D eigenvalue weighted by Gasteiger charge is 2.61. The second kappa shape index (κ2) is 6.36. The molecule has 4 N–H and O–H groups in total. The van der Waals surface area contributed by atoms with Crippen molar-refractivity contribution in [2.45, 2.75) is 39.5 Å². The van der Waals surface area contributed by atoms with E-state index in [1.54, 1.807) is 0 Å². The molecule has 0 fully saturated rings. The molecule has 8 nitrogen and oxygen atoms in total. The predicted molar refractivity (Wildman–Crippen MR) is 65.2 cm³/mol. The fourth-order valence-corrected chi connectivity index (χ4v) is 2.64. The minimum atomic E-state index is -2.18. The topological polar surface area (TPSA) is 149 Å². The van der Waals surface area contributed by atoms with Crippen molar-refractivity contribution in [3.63, 3.8) is 0 Å². The molecule has 2 unspecified atom stereocenters. The van der Waals surface area contributed by atoms with Crippen LogP contribution in [-0.2, 0) is 19.2 Å². The Kier molecular flexibility index (Phi) is 5.68. The number of carboxylic acid groups (broad SMARTS) is 4. The van der Waals surface area contributed by atoms with Crippen LogP contribution in [0.15, 0.2) is 0 Å². The van der Waals surface area contributed by atoms with Crippen LogP contribution in [0.1, 0.15) is 39.5 Å². The summed E-state index contributed by atoms with van der Waals surface area (Å²) in [5, 5.41) is 36.6. The molecule has 0 aromatic carbocycles. The molecule has 0 radical (unpaired) electrons. The smallest absolute Gasteiger partial charge is 0.311 e. The van der Waals surface area contributed by atoms with Gasteiger partial charge in [0.15, 0.2) is 0 Å². The van der Waals surface area contributed by atoms with E-state index in [1.165, 1.54) is 13.8 Å². The van der Waals surface area contributed by atoms with Gasteiger partial charge in [-0.15, -0.1) is 0 Å². The molecule has 0 saturated heterocycles. The van der Waals surface area contributed by atoms with Gasteiger partial charge in [0.25, 0.3) is 0 Å². The van der Waals surface area contributed by atoms with E-state index in [1.807, 2.05) is 0 Å². The highest BCUT2D eigenvalue weighted by Crippen LogP contribution is 2.50. The zero-order chi connectivity index (χ0) is 16.1. The van der Waals surface area contributed by atoms with Gasteiger partial charge in [0, 0.05) is 0 Å². The van der Waals surface area contributed by atoms with Gasteiger partial charge < -0.3 is 20.4 Å². The third-order valence-corrected chi connectivity index (χ3v) is 3.85. The van der Waals surface area contributed by atoms with Gasteiger partial charge in [-0.1, -0.05) is 13.8 Å².